The summed E-state index contributed by atoms with van der Waals surface area (Å²) in [6.45, 7) is 2.29. The van der Waals surface area contributed by atoms with Crippen molar-refractivity contribution in [3.63, 3.8) is 0 Å². The van der Waals surface area contributed by atoms with E-state index >= 15 is 0 Å². The molecule has 0 aliphatic carbocycles. The molecule has 3 aromatic heterocycles. The van der Waals surface area contributed by atoms with Gasteiger partial charge >= 0.3 is 0 Å². The largest absolute Gasteiger partial charge is 0.456 e. The Balaban J connectivity index is 1.06. The van der Waals surface area contributed by atoms with Crippen LogP contribution >= 0.6 is 0 Å². The van der Waals surface area contributed by atoms with Gasteiger partial charge < -0.3 is 13.4 Å². The van der Waals surface area contributed by atoms with E-state index in [1.165, 1.54) is 32.3 Å². The Morgan fingerprint density at radius 2 is 0.971 bits per heavy atom. The van der Waals surface area contributed by atoms with Crippen LogP contribution in [-0.4, -0.2) is 16.1 Å². The number of hydrogen-bond donors (Lipinski definition) is 0. The summed E-state index contributed by atoms with van der Waals surface area (Å²) < 4.78 is 15.7. The number of benzene rings is 10. The van der Waals surface area contributed by atoms with Crippen LogP contribution in [0.2, 0.25) is 0 Å². The van der Waals surface area contributed by atoms with E-state index < -0.39 is 0 Å². The summed E-state index contributed by atoms with van der Waals surface area (Å²) in [6, 6.07) is 73.5. The maximum Gasteiger partial charge on any atom is 0.160 e. The van der Waals surface area contributed by atoms with Gasteiger partial charge in [-0.1, -0.05) is 153 Å². The zero-order chi connectivity index (χ0) is 44.9. The van der Waals surface area contributed by atoms with Crippen LogP contribution in [-0.2, 0) is 0 Å². The Kier molecular flexibility index (Phi) is 8.56. The number of aliphatic imine (C=N–C) groups is 2. The summed E-state index contributed by atoms with van der Waals surface area (Å²) in [7, 11) is 0. The van der Waals surface area contributed by atoms with Crippen molar-refractivity contribution in [3.8, 4) is 16.8 Å². The normalized spacial score (nSPS) is 15.4. The Morgan fingerprint density at radius 3 is 1.66 bits per heavy atom. The molecule has 320 valence electrons. The number of nitrogens with zero attached hydrogens (tertiary/aromatic N) is 3. The number of amidine groups is 1. The molecule has 4 heterocycles. The second-order valence-corrected chi connectivity index (χ2v) is 18.1. The molecule has 0 bridgehead atoms. The van der Waals surface area contributed by atoms with Crippen LogP contribution in [0.15, 0.2) is 231 Å². The van der Waals surface area contributed by atoms with Crippen LogP contribution in [0.3, 0.4) is 0 Å². The second kappa shape index (κ2) is 15.1. The van der Waals surface area contributed by atoms with Crippen molar-refractivity contribution >= 4 is 104 Å². The van der Waals surface area contributed by atoms with Gasteiger partial charge in [-0.05, 0) is 106 Å². The minimum absolute atomic E-state index is 0.0296. The van der Waals surface area contributed by atoms with Crippen molar-refractivity contribution in [2.24, 2.45) is 15.9 Å². The summed E-state index contributed by atoms with van der Waals surface area (Å²) in [4.78, 5) is 11.4. The Labute approximate surface area is 391 Å². The lowest BCUT2D eigenvalue weighted by Gasteiger charge is -2.22. The Hall–Kier alpha value is -8.80. The lowest BCUT2D eigenvalue weighted by atomic mass is 9.91. The number of fused-ring (bicyclic) bond motifs is 11. The van der Waals surface area contributed by atoms with E-state index in [0.717, 1.165) is 99.8 Å². The first kappa shape index (κ1) is 38.5. The van der Waals surface area contributed by atoms with Crippen molar-refractivity contribution in [2.45, 2.75) is 13.3 Å². The van der Waals surface area contributed by atoms with E-state index in [1.807, 2.05) is 18.2 Å². The van der Waals surface area contributed by atoms with Gasteiger partial charge in [-0.3, -0.25) is 0 Å². The van der Waals surface area contributed by atoms with Crippen LogP contribution in [0.4, 0.5) is 0 Å². The van der Waals surface area contributed by atoms with Crippen LogP contribution in [0, 0.1) is 5.92 Å². The molecule has 0 N–H and O–H groups in total. The van der Waals surface area contributed by atoms with Gasteiger partial charge in [0.15, 0.2) is 5.84 Å². The molecule has 13 aromatic rings. The van der Waals surface area contributed by atoms with Gasteiger partial charge in [-0.2, -0.15) is 0 Å². The molecule has 0 saturated carbocycles. The number of allylic oxidation sites excluding steroid dienone is 1. The average Bonchev–Trinajstić information content (AvgIpc) is 4.04. The molecule has 0 fully saturated rings. The Morgan fingerprint density at radius 1 is 0.412 bits per heavy atom. The molecule has 1 aliphatic heterocycles. The highest BCUT2D eigenvalue weighted by molar-refractivity contribution is 6.22. The van der Waals surface area contributed by atoms with Gasteiger partial charge in [0.05, 0.1) is 28.1 Å². The summed E-state index contributed by atoms with van der Waals surface area (Å²) in [5.74, 6) is 0.582. The molecule has 5 nitrogen and oxygen atoms in total. The number of para-hydroxylation sites is 2. The highest BCUT2D eigenvalue weighted by Crippen LogP contribution is 2.42. The number of furan rings is 2. The number of aromatic nitrogens is 1. The molecule has 0 amide bonds. The molecule has 14 rings (SSSR count). The van der Waals surface area contributed by atoms with E-state index in [2.05, 4.69) is 206 Å². The minimum Gasteiger partial charge on any atom is -0.456 e. The summed E-state index contributed by atoms with van der Waals surface area (Å²) in [6.07, 6.45) is 3.00. The van der Waals surface area contributed by atoms with Crippen LogP contribution in [0.5, 0.6) is 0 Å². The van der Waals surface area contributed by atoms with Gasteiger partial charge in [0, 0.05) is 54.9 Å². The molecule has 5 heteroatoms. The molecule has 10 aromatic carbocycles. The van der Waals surface area contributed by atoms with Crippen molar-refractivity contribution in [1.29, 1.82) is 0 Å². The highest BCUT2D eigenvalue weighted by atomic mass is 16.3. The predicted octanol–water partition coefficient (Wildman–Crippen LogP) is 16.9. The van der Waals surface area contributed by atoms with Crippen LogP contribution in [0.1, 0.15) is 30.0 Å². The molecule has 1 atom stereocenters. The molecule has 0 saturated heterocycles. The van der Waals surface area contributed by atoms with Gasteiger partial charge in [0.1, 0.15) is 22.3 Å². The van der Waals surface area contributed by atoms with Crippen molar-refractivity contribution < 1.29 is 8.83 Å². The topological polar surface area (TPSA) is 55.9 Å². The van der Waals surface area contributed by atoms with Crippen molar-refractivity contribution in [3.05, 3.63) is 229 Å². The minimum atomic E-state index is -0.0296. The zero-order valence-corrected chi connectivity index (χ0v) is 37.1. The first-order valence-corrected chi connectivity index (χ1v) is 23.3. The third kappa shape index (κ3) is 6.16. The van der Waals surface area contributed by atoms with Crippen molar-refractivity contribution in [2.75, 3.05) is 0 Å². The van der Waals surface area contributed by atoms with E-state index in [0.29, 0.717) is 12.3 Å². The zero-order valence-electron chi connectivity index (χ0n) is 37.1. The Bertz CT molecular complexity index is 4220. The summed E-state index contributed by atoms with van der Waals surface area (Å²) >= 11 is 0. The lowest BCUT2D eigenvalue weighted by Crippen LogP contribution is -2.19. The van der Waals surface area contributed by atoms with Gasteiger partial charge in [-0.25, -0.2) is 9.98 Å². The quantitative estimate of drug-likeness (QED) is 0.173. The third-order valence-corrected chi connectivity index (χ3v) is 14.0. The predicted molar refractivity (Wildman–Crippen MR) is 284 cm³/mol. The van der Waals surface area contributed by atoms with E-state index in [1.54, 1.807) is 0 Å². The maximum absolute atomic E-state index is 6.73. The number of rotatable bonds is 5. The first-order valence-electron chi connectivity index (χ1n) is 23.3. The van der Waals surface area contributed by atoms with Gasteiger partial charge in [0.25, 0.3) is 0 Å². The standard InChI is InChI=1S/C63H41N3O2/c1-38-26-29-54(45-21-13-20-40(30-45)39-14-3-2-4-15-39)64-63(46-27-28-49-47-22-9-11-24-58(47)67-60(49)35-46)65-62(38)53-37-61-52(48-23-10-12-25-59(48)68-61)36-57(53)66-55-33-43-18-7-5-16-41(43)31-50(55)51-32-42-17-6-8-19-44(42)34-56(51)66/h2-25,27-38H,26H2,1H3/b54-29+,64-63?,65-62?. The van der Waals surface area contributed by atoms with Gasteiger partial charge in [0.2, 0.25) is 0 Å². The van der Waals surface area contributed by atoms with E-state index in [4.69, 9.17) is 18.8 Å². The molecule has 1 aliphatic rings. The summed E-state index contributed by atoms with van der Waals surface area (Å²) in [5, 5.41) is 11.5. The van der Waals surface area contributed by atoms with Gasteiger partial charge in [-0.15, -0.1) is 0 Å². The summed E-state index contributed by atoms with van der Waals surface area (Å²) in [5.41, 5.74) is 13.6. The molecule has 1 unspecified atom stereocenters. The first-order chi connectivity index (χ1) is 33.6. The van der Waals surface area contributed by atoms with Crippen LogP contribution < -0.4 is 0 Å². The van der Waals surface area contributed by atoms with Crippen LogP contribution in [0.25, 0.3) is 110 Å². The molecule has 0 radical (unpaired) electrons. The fourth-order valence-electron chi connectivity index (χ4n) is 10.6. The average molecular weight is 872 g/mol. The fraction of sp³-hybridized carbons (Fsp3) is 0.0476. The van der Waals surface area contributed by atoms with Crippen molar-refractivity contribution in [1.82, 2.24) is 4.57 Å². The maximum atomic E-state index is 6.73. The van der Waals surface area contributed by atoms with E-state index in [-0.39, 0.29) is 5.92 Å². The second-order valence-electron chi connectivity index (χ2n) is 18.1. The SMILES string of the molecule is CC1C/C=C(\c2cccc(-c3ccccc3)c2)N=C(c2ccc3c(c2)oc2ccccc23)N=C1c1cc2oc3ccccc3c2cc1-n1c2cc3ccccc3cc2c2cc3ccccc3cc21. The fourth-order valence-corrected chi connectivity index (χ4v) is 10.6. The van der Waals surface area contributed by atoms with E-state index in [9.17, 15) is 0 Å². The third-order valence-electron chi connectivity index (χ3n) is 14.0. The molecule has 68 heavy (non-hydrogen) atoms. The molecule has 0 spiro atoms. The molecular formula is C63H41N3O2. The lowest BCUT2D eigenvalue weighted by molar-refractivity contribution is 0.668. The smallest absolute Gasteiger partial charge is 0.160 e. The molecular weight excluding hydrogens is 831 g/mol. The number of hydrogen-bond acceptors (Lipinski definition) is 4. The highest BCUT2D eigenvalue weighted by Gasteiger charge is 2.26. The monoisotopic (exact) mass is 871 g/mol.